The first-order valence-electron chi connectivity index (χ1n) is 6.42. The van der Waals surface area contributed by atoms with E-state index in [2.05, 4.69) is 29.2 Å². The van der Waals surface area contributed by atoms with Crippen LogP contribution in [0.4, 0.5) is 0 Å². The van der Waals surface area contributed by atoms with E-state index >= 15 is 0 Å². The standard InChI is InChI=1S/C14H16ClN5/c1-10(2)7-17-8-11-12(15)4-3-5-13(11)20-9-18-14(6-16)19-20/h3-5,9-10,17H,7-8H2,1-2H3. The van der Waals surface area contributed by atoms with Crippen LogP contribution in [0.5, 0.6) is 0 Å². The van der Waals surface area contributed by atoms with Crippen LogP contribution in [-0.4, -0.2) is 21.3 Å². The second kappa shape index (κ2) is 6.51. The molecule has 20 heavy (non-hydrogen) atoms. The topological polar surface area (TPSA) is 66.5 Å². The Morgan fingerprint density at radius 2 is 2.25 bits per heavy atom. The number of rotatable bonds is 5. The molecule has 104 valence electrons. The van der Waals surface area contributed by atoms with Crippen LogP contribution in [0, 0.1) is 17.2 Å². The number of nitrogens with zero attached hydrogens (tertiary/aromatic N) is 4. The van der Waals surface area contributed by atoms with E-state index in [-0.39, 0.29) is 5.82 Å². The van der Waals surface area contributed by atoms with Gasteiger partial charge in [0.2, 0.25) is 0 Å². The van der Waals surface area contributed by atoms with Crippen molar-refractivity contribution in [2.75, 3.05) is 6.54 Å². The van der Waals surface area contributed by atoms with E-state index in [1.165, 1.54) is 6.33 Å². The number of hydrogen-bond acceptors (Lipinski definition) is 4. The Morgan fingerprint density at radius 3 is 2.90 bits per heavy atom. The molecule has 0 amide bonds. The van der Waals surface area contributed by atoms with Crippen molar-refractivity contribution < 1.29 is 0 Å². The van der Waals surface area contributed by atoms with Gasteiger partial charge in [0.25, 0.3) is 5.82 Å². The zero-order valence-corrected chi connectivity index (χ0v) is 12.2. The lowest BCUT2D eigenvalue weighted by Gasteiger charge is -2.13. The molecule has 1 aromatic carbocycles. The Bertz CT molecular complexity index is 627. The first-order valence-corrected chi connectivity index (χ1v) is 6.80. The van der Waals surface area contributed by atoms with Gasteiger partial charge in [-0.15, -0.1) is 5.10 Å². The van der Waals surface area contributed by atoms with Crippen LogP contribution >= 0.6 is 11.6 Å². The van der Waals surface area contributed by atoms with E-state index in [0.717, 1.165) is 17.8 Å². The smallest absolute Gasteiger partial charge is 0.252 e. The van der Waals surface area contributed by atoms with E-state index in [9.17, 15) is 0 Å². The summed E-state index contributed by atoms with van der Waals surface area (Å²) in [6.07, 6.45) is 1.52. The molecule has 1 N–H and O–H groups in total. The Morgan fingerprint density at radius 1 is 1.45 bits per heavy atom. The predicted octanol–water partition coefficient (Wildman–Crippen LogP) is 2.54. The van der Waals surface area contributed by atoms with Gasteiger partial charge in [-0.3, -0.25) is 0 Å². The number of halogens is 1. The van der Waals surface area contributed by atoms with Crippen molar-refractivity contribution in [2.45, 2.75) is 20.4 Å². The minimum absolute atomic E-state index is 0.145. The maximum Gasteiger partial charge on any atom is 0.252 e. The molecule has 5 nitrogen and oxygen atoms in total. The summed E-state index contributed by atoms with van der Waals surface area (Å²) in [5, 5.41) is 16.9. The average Bonchev–Trinajstić information content (AvgIpc) is 2.89. The summed E-state index contributed by atoms with van der Waals surface area (Å²) in [4.78, 5) is 3.92. The van der Waals surface area contributed by atoms with Crippen molar-refractivity contribution in [2.24, 2.45) is 5.92 Å². The number of benzene rings is 1. The first kappa shape index (κ1) is 14.5. The molecular weight excluding hydrogens is 274 g/mol. The summed E-state index contributed by atoms with van der Waals surface area (Å²) in [7, 11) is 0. The van der Waals surface area contributed by atoms with Gasteiger partial charge < -0.3 is 5.32 Å². The predicted molar refractivity (Wildman–Crippen MR) is 77.6 cm³/mol. The molecule has 0 aliphatic heterocycles. The fraction of sp³-hybridized carbons (Fsp3) is 0.357. The van der Waals surface area contributed by atoms with E-state index in [1.807, 2.05) is 24.3 Å². The average molecular weight is 290 g/mol. The highest BCUT2D eigenvalue weighted by Crippen LogP contribution is 2.22. The molecule has 0 radical (unpaired) electrons. The van der Waals surface area contributed by atoms with Gasteiger partial charge in [-0.2, -0.15) is 5.26 Å². The zero-order chi connectivity index (χ0) is 14.5. The van der Waals surface area contributed by atoms with Crippen LogP contribution in [0.3, 0.4) is 0 Å². The van der Waals surface area contributed by atoms with Crippen LogP contribution in [0.1, 0.15) is 25.2 Å². The molecule has 6 heteroatoms. The highest BCUT2D eigenvalue weighted by atomic mass is 35.5. The summed E-state index contributed by atoms with van der Waals surface area (Å²) in [6, 6.07) is 7.53. The molecule has 1 heterocycles. The van der Waals surface area contributed by atoms with Crippen LogP contribution in [0.25, 0.3) is 5.69 Å². The molecule has 0 saturated heterocycles. The molecule has 0 aliphatic rings. The second-order valence-electron chi connectivity index (χ2n) is 4.89. The summed E-state index contributed by atoms with van der Waals surface area (Å²) in [5.41, 5.74) is 1.78. The highest BCUT2D eigenvalue weighted by Gasteiger charge is 2.10. The number of nitrogens with one attached hydrogen (secondary N) is 1. The summed E-state index contributed by atoms with van der Waals surface area (Å²) in [5.74, 6) is 0.712. The molecule has 0 atom stereocenters. The van der Waals surface area contributed by atoms with Gasteiger partial charge in [0.15, 0.2) is 0 Å². The summed E-state index contributed by atoms with van der Waals surface area (Å²) < 4.78 is 1.58. The van der Waals surface area contributed by atoms with Crippen molar-refractivity contribution in [1.29, 1.82) is 5.26 Å². The van der Waals surface area contributed by atoms with Crippen LogP contribution in [0.15, 0.2) is 24.5 Å². The third-order valence-electron chi connectivity index (χ3n) is 2.79. The molecule has 0 spiro atoms. The maximum atomic E-state index is 8.80. The minimum Gasteiger partial charge on any atom is -0.312 e. The van der Waals surface area contributed by atoms with Gasteiger partial charge in [-0.05, 0) is 24.6 Å². The molecule has 2 rings (SSSR count). The van der Waals surface area contributed by atoms with Gasteiger partial charge in [-0.1, -0.05) is 31.5 Å². The first-order chi connectivity index (χ1) is 9.61. The van der Waals surface area contributed by atoms with E-state index in [4.69, 9.17) is 16.9 Å². The fourth-order valence-corrected chi connectivity index (χ4v) is 2.09. The van der Waals surface area contributed by atoms with E-state index in [0.29, 0.717) is 17.5 Å². The largest absolute Gasteiger partial charge is 0.312 e. The Hall–Kier alpha value is -1.90. The molecule has 1 aromatic heterocycles. The SMILES string of the molecule is CC(C)CNCc1c(Cl)cccc1-n1cnc(C#N)n1. The molecule has 0 saturated carbocycles. The molecule has 0 fully saturated rings. The van der Waals surface area contributed by atoms with Gasteiger partial charge in [-0.25, -0.2) is 9.67 Å². The normalized spacial score (nSPS) is 10.8. The second-order valence-corrected chi connectivity index (χ2v) is 5.29. The molecule has 0 aliphatic carbocycles. The third-order valence-corrected chi connectivity index (χ3v) is 3.14. The molecule has 2 aromatic rings. The van der Waals surface area contributed by atoms with E-state index < -0.39 is 0 Å². The fourth-order valence-electron chi connectivity index (χ4n) is 1.85. The lowest BCUT2D eigenvalue weighted by Crippen LogP contribution is -2.20. The zero-order valence-electron chi connectivity index (χ0n) is 11.5. The number of nitriles is 1. The van der Waals surface area contributed by atoms with Crippen molar-refractivity contribution in [3.05, 3.63) is 40.9 Å². The minimum atomic E-state index is 0.145. The van der Waals surface area contributed by atoms with Crippen LogP contribution in [-0.2, 0) is 6.54 Å². The van der Waals surface area contributed by atoms with Gasteiger partial charge >= 0.3 is 0 Å². The maximum absolute atomic E-state index is 8.80. The third kappa shape index (κ3) is 3.35. The monoisotopic (exact) mass is 289 g/mol. The highest BCUT2D eigenvalue weighted by molar-refractivity contribution is 6.31. The van der Waals surface area contributed by atoms with Crippen molar-refractivity contribution >= 4 is 11.6 Å². The Balaban J connectivity index is 2.28. The van der Waals surface area contributed by atoms with Crippen LogP contribution < -0.4 is 5.32 Å². The van der Waals surface area contributed by atoms with Crippen molar-refractivity contribution in [3.8, 4) is 11.8 Å². The van der Waals surface area contributed by atoms with Crippen molar-refractivity contribution in [1.82, 2.24) is 20.1 Å². The number of hydrogen-bond donors (Lipinski definition) is 1. The Labute approximate surface area is 123 Å². The van der Waals surface area contributed by atoms with Crippen LogP contribution in [0.2, 0.25) is 5.02 Å². The molecule has 0 unspecified atom stereocenters. The van der Waals surface area contributed by atoms with Gasteiger partial charge in [0.1, 0.15) is 12.4 Å². The summed E-state index contributed by atoms with van der Waals surface area (Å²) in [6.45, 7) is 5.86. The molecular formula is C14H16ClN5. The quantitative estimate of drug-likeness (QED) is 0.918. The van der Waals surface area contributed by atoms with Gasteiger partial charge in [0, 0.05) is 17.1 Å². The van der Waals surface area contributed by atoms with Crippen molar-refractivity contribution in [3.63, 3.8) is 0 Å². The lowest BCUT2D eigenvalue weighted by atomic mass is 10.1. The Kier molecular flexibility index (Phi) is 4.72. The van der Waals surface area contributed by atoms with E-state index in [1.54, 1.807) is 4.68 Å². The number of aromatic nitrogens is 3. The van der Waals surface area contributed by atoms with Gasteiger partial charge in [0.05, 0.1) is 5.69 Å². The lowest BCUT2D eigenvalue weighted by molar-refractivity contribution is 0.551. The molecule has 0 bridgehead atoms. The summed E-state index contributed by atoms with van der Waals surface area (Å²) >= 11 is 6.27.